The zero-order chi connectivity index (χ0) is 24.1. The Balaban J connectivity index is 0.000000150. The summed E-state index contributed by atoms with van der Waals surface area (Å²) < 4.78 is 15.9. The minimum absolute atomic E-state index is 0.00385. The SMILES string of the molecule is O=C1C=CC2(CCC23C=CC(=O)O3)O1.O=c1cc(-c2ccccc2)oc2cc(O)c(O)c(O)c12. The minimum atomic E-state index is -0.739. The molecule has 6 rings (SSSR count). The van der Waals surface area contributed by atoms with Gasteiger partial charge in [-0.25, -0.2) is 9.59 Å². The number of hydrogen-bond acceptors (Lipinski definition) is 9. The first-order valence-corrected chi connectivity index (χ1v) is 10.4. The maximum absolute atomic E-state index is 12.0. The van der Waals surface area contributed by atoms with Crippen LogP contribution in [0.5, 0.6) is 17.2 Å². The fraction of sp³-hybridized carbons (Fsp3) is 0.160. The van der Waals surface area contributed by atoms with E-state index in [4.69, 9.17) is 13.9 Å². The summed E-state index contributed by atoms with van der Waals surface area (Å²) >= 11 is 0. The molecule has 1 fully saturated rings. The van der Waals surface area contributed by atoms with E-state index in [9.17, 15) is 29.7 Å². The molecule has 2 unspecified atom stereocenters. The molecule has 1 aromatic heterocycles. The smallest absolute Gasteiger partial charge is 0.331 e. The predicted molar refractivity (Wildman–Crippen MR) is 118 cm³/mol. The van der Waals surface area contributed by atoms with Gasteiger partial charge in [0, 0.05) is 29.8 Å². The molecular weight excluding hydrogens is 444 g/mol. The molecule has 2 atom stereocenters. The van der Waals surface area contributed by atoms with Gasteiger partial charge in [-0.2, -0.15) is 0 Å². The number of esters is 2. The molecule has 0 bridgehead atoms. The second-order valence-corrected chi connectivity index (χ2v) is 8.09. The molecule has 1 aliphatic carbocycles. The monoisotopic (exact) mass is 462 g/mol. The van der Waals surface area contributed by atoms with Gasteiger partial charge in [-0.1, -0.05) is 30.3 Å². The van der Waals surface area contributed by atoms with Crippen molar-refractivity contribution in [2.45, 2.75) is 24.0 Å². The Morgan fingerprint density at radius 1 is 0.765 bits per heavy atom. The number of phenols is 3. The summed E-state index contributed by atoms with van der Waals surface area (Å²) in [6.07, 6.45) is 7.60. The Bertz CT molecular complexity index is 1410. The molecule has 1 saturated carbocycles. The highest BCUT2D eigenvalue weighted by Gasteiger charge is 2.65. The van der Waals surface area contributed by atoms with Crippen molar-refractivity contribution < 1.29 is 38.8 Å². The number of carbonyl (C=O) groups is 2. The van der Waals surface area contributed by atoms with Gasteiger partial charge in [0.25, 0.3) is 0 Å². The van der Waals surface area contributed by atoms with Gasteiger partial charge in [-0.05, 0) is 25.0 Å². The lowest BCUT2D eigenvalue weighted by molar-refractivity contribution is -0.206. The molecule has 3 N–H and O–H groups in total. The summed E-state index contributed by atoms with van der Waals surface area (Å²) in [6.45, 7) is 0. The summed E-state index contributed by atoms with van der Waals surface area (Å²) in [4.78, 5) is 34.0. The Labute approximate surface area is 191 Å². The maximum atomic E-state index is 12.0. The first-order chi connectivity index (χ1) is 16.2. The van der Waals surface area contributed by atoms with Gasteiger partial charge in [-0.15, -0.1) is 0 Å². The van der Waals surface area contributed by atoms with Crippen molar-refractivity contribution in [1.82, 2.24) is 0 Å². The molecule has 9 nitrogen and oxygen atoms in total. The third kappa shape index (κ3) is 3.21. The van der Waals surface area contributed by atoms with E-state index in [1.165, 1.54) is 18.2 Å². The highest BCUT2D eigenvalue weighted by molar-refractivity contribution is 5.90. The van der Waals surface area contributed by atoms with Crippen molar-refractivity contribution >= 4 is 22.9 Å². The molecule has 2 spiro atoms. The van der Waals surface area contributed by atoms with Crippen LogP contribution < -0.4 is 5.43 Å². The zero-order valence-corrected chi connectivity index (χ0v) is 17.6. The first-order valence-electron chi connectivity index (χ1n) is 10.4. The molecular formula is C25H18O9. The number of aromatic hydroxyl groups is 3. The minimum Gasteiger partial charge on any atom is -0.504 e. The van der Waals surface area contributed by atoms with E-state index in [1.807, 2.05) is 6.07 Å². The van der Waals surface area contributed by atoms with Crippen LogP contribution in [-0.4, -0.2) is 38.5 Å². The number of phenolic OH excluding ortho intramolecular Hbond substituents is 3. The number of hydrogen-bond donors (Lipinski definition) is 3. The van der Waals surface area contributed by atoms with Crippen LogP contribution in [0.1, 0.15) is 12.8 Å². The molecule has 172 valence electrons. The topological polar surface area (TPSA) is 144 Å². The Kier molecular flexibility index (Phi) is 4.71. The Hall–Kier alpha value is -4.53. The van der Waals surface area contributed by atoms with Crippen LogP contribution in [-0.2, 0) is 19.1 Å². The van der Waals surface area contributed by atoms with E-state index in [1.54, 1.807) is 36.4 Å². The van der Waals surface area contributed by atoms with Gasteiger partial charge >= 0.3 is 11.9 Å². The lowest BCUT2D eigenvalue weighted by Gasteiger charge is -2.50. The van der Waals surface area contributed by atoms with Gasteiger partial charge in [-0.3, -0.25) is 4.79 Å². The molecule has 0 radical (unpaired) electrons. The highest BCUT2D eigenvalue weighted by Crippen LogP contribution is 2.53. The fourth-order valence-electron chi connectivity index (χ4n) is 4.27. The summed E-state index contributed by atoms with van der Waals surface area (Å²) in [5, 5.41) is 28.5. The summed E-state index contributed by atoms with van der Waals surface area (Å²) in [6, 6.07) is 11.3. The largest absolute Gasteiger partial charge is 0.504 e. The molecule has 3 aliphatic rings. The number of benzene rings is 2. The van der Waals surface area contributed by atoms with Gasteiger partial charge < -0.3 is 29.2 Å². The molecule has 3 aromatic rings. The molecule has 34 heavy (non-hydrogen) atoms. The average Bonchev–Trinajstić information content (AvgIpc) is 3.43. The zero-order valence-electron chi connectivity index (χ0n) is 17.6. The van der Waals surface area contributed by atoms with E-state index in [2.05, 4.69) is 0 Å². The average molecular weight is 462 g/mol. The second-order valence-electron chi connectivity index (χ2n) is 8.09. The van der Waals surface area contributed by atoms with Crippen LogP contribution in [0, 0.1) is 0 Å². The van der Waals surface area contributed by atoms with Gasteiger partial charge in [0.15, 0.2) is 28.1 Å². The predicted octanol–water partition coefficient (Wildman–Crippen LogP) is 3.06. The van der Waals surface area contributed by atoms with E-state index >= 15 is 0 Å². The van der Waals surface area contributed by atoms with Gasteiger partial charge in [0.2, 0.25) is 5.75 Å². The normalized spacial score (nSPS) is 24.1. The van der Waals surface area contributed by atoms with E-state index in [-0.39, 0.29) is 22.9 Å². The van der Waals surface area contributed by atoms with Crippen molar-refractivity contribution in [3.05, 3.63) is 77.0 Å². The van der Waals surface area contributed by atoms with E-state index in [0.717, 1.165) is 6.07 Å². The highest BCUT2D eigenvalue weighted by atomic mass is 16.6. The number of ether oxygens (including phenoxy) is 2. The Morgan fingerprint density at radius 2 is 1.35 bits per heavy atom. The van der Waals surface area contributed by atoms with Crippen LogP contribution in [0.4, 0.5) is 0 Å². The lowest BCUT2D eigenvalue weighted by atomic mass is 9.65. The van der Waals surface area contributed by atoms with E-state index in [0.29, 0.717) is 24.2 Å². The van der Waals surface area contributed by atoms with Gasteiger partial charge in [0.05, 0.1) is 0 Å². The molecule has 2 aliphatic heterocycles. The molecule has 0 amide bonds. The third-order valence-electron chi connectivity index (χ3n) is 6.13. The first kappa shape index (κ1) is 21.3. The quantitative estimate of drug-likeness (QED) is 0.367. The second kappa shape index (κ2) is 7.51. The van der Waals surface area contributed by atoms with Crippen molar-refractivity contribution in [2.75, 3.05) is 0 Å². The van der Waals surface area contributed by atoms with Crippen LogP contribution >= 0.6 is 0 Å². The maximum Gasteiger partial charge on any atom is 0.331 e. The summed E-state index contributed by atoms with van der Waals surface area (Å²) in [5.41, 5.74) is -1.24. The standard InChI is InChI=1S/C15H10O5.C10H8O4/c16-9-6-11(8-4-2-1-3-5-8)20-12-7-10(17)14(18)15(19)13(9)12;11-7-1-3-9(13-7)5-6-10(9)4-2-8(12)14-10/h1-7,17-19H;1-4H,5-6H2. The number of fused-ring (bicyclic) bond motifs is 2. The van der Waals surface area contributed by atoms with Gasteiger partial charge in [0.1, 0.15) is 16.7 Å². The van der Waals surface area contributed by atoms with Crippen molar-refractivity contribution in [2.24, 2.45) is 0 Å². The Morgan fingerprint density at radius 3 is 1.85 bits per heavy atom. The number of carbonyl (C=O) groups excluding carboxylic acids is 2. The van der Waals surface area contributed by atoms with E-state index < -0.39 is 33.9 Å². The molecule has 2 aromatic carbocycles. The van der Waals surface area contributed by atoms with Crippen LogP contribution in [0.25, 0.3) is 22.3 Å². The van der Waals surface area contributed by atoms with Crippen molar-refractivity contribution in [1.29, 1.82) is 0 Å². The molecule has 3 heterocycles. The van der Waals surface area contributed by atoms with Crippen LogP contribution in [0.3, 0.4) is 0 Å². The molecule has 9 heteroatoms. The van der Waals surface area contributed by atoms with Crippen molar-refractivity contribution in [3.8, 4) is 28.6 Å². The fourth-order valence-corrected chi connectivity index (χ4v) is 4.27. The summed E-state index contributed by atoms with van der Waals surface area (Å²) in [7, 11) is 0. The summed E-state index contributed by atoms with van der Waals surface area (Å²) in [5.74, 6) is -2.39. The van der Waals surface area contributed by atoms with Crippen molar-refractivity contribution in [3.63, 3.8) is 0 Å². The van der Waals surface area contributed by atoms with Crippen LogP contribution in [0.15, 0.2) is 76.0 Å². The molecule has 0 saturated heterocycles. The lowest BCUT2D eigenvalue weighted by Crippen LogP contribution is -2.61. The number of rotatable bonds is 1. The third-order valence-corrected chi connectivity index (χ3v) is 6.13. The van der Waals surface area contributed by atoms with Crippen LogP contribution in [0.2, 0.25) is 0 Å².